The van der Waals surface area contributed by atoms with Crippen molar-refractivity contribution in [3.05, 3.63) is 46.5 Å². The molecule has 0 amide bonds. The van der Waals surface area contributed by atoms with Crippen LogP contribution >= 0.6 is 0 Å². The first-order chi connectivity index (χ1) is 15.1. The van der Waals surface area contributed by atoms with Crippen molar-refractivity contribution in [1.82, 2.24) is 0 Å². The molecule has 6 nitrogen and oxygen atoms in total. The van der Waals surface area contributed by atoms with E-state index in [1.54, 1.807) is 13.2 Å². The van der Waals surface area contributed by atoms with E-state index >= 15 is 0 Å². The SMILES string of the molecule is COc1c([C@@H]2COc3cc4c(cc3C2=O)C[C@@H](O)C(C)(C)O4)ccc2c1CCC(C)(C)O2. The number of hydrogen-bond acceptors (Lipinski definition) is 6. The van der Waals surface area contributed by atoms with Gasteiger partial charge >= 0.3 is 0 Å². The van der Waals surface area contributed by atoms with Gasteiger partial charge in [-0.3, -0.25) is 4.79 Å². The molecular formula is C26H30O6. The first-order valence-corrected chi connectivity index (χ1v) is 11.2. The van der Waals surface area contributed by atoms with Gasteiger partial charge in [0.25, 0.3) is 0 Å². The number of carbonyl (C=O) groups is 1. The molecule has 6 heteroatoms. The van der Waals surface area contributed by atoms with Gasteiger partial charge in [-0.1, -0.05) is 6.07 Å². The molecule has 0 bridgehead atoms. The maximum Gasteiger partial charge on any atom is 0.177 e. The standard InChI is InChI=1S/C26H30O6/c1-25(2)9-8-16-19(31-25)7-6-15(24(16)29-5)18-13-30-21-12-20-14(10-17(21)23(18)28)11-22(27)26(3,4)32-20/h6-7,10,12,18,22,27H,8-9,11,13H2,1-5H3/t18-,22+/m0/s1. The predicted molar refractivity (Wildman–Crippen MR) is 119 cm³/mol. The zero-order valence-electron chi connectivity index (χ0n) is 19.3. The molecule has 0 aromatic heterocycles. The highest BCUT2D eigenvalue weighted by Gasteiger charge is 2.40. The van der Waals surface area contributed by atoms with Crippen LogP contribution in [0.15, 0.2) is 24.3 Å². The van der Waals surface area contributed by atoms with Crippen LogP contribution in [0.1, 0.15) is 67.1 Å². The first kappa shape index (κ1) is 21.1. The Morgan fingerprint density at radius 3 is 2.59 bits per heavy atom. The topological polar surface area (TPSA) is 74.2 Å². The van der Waals surface area contributed by atoms with E-state index in [1.807, 2.05) is 32.0 Å². The molecule has 1 N–H and O–H groups in total. The quantitative estimate of drug-likeness (QED) is 0.756. The monoisotopic (exact) mass is 438 g/mol. The van der Waals surface area contributed by atoms with Crippen LogP contribution in [0.3, 0.4) is 0 Å². The van der Waals surface area contributed by atoms with Gasteiger partial charge in [0.05, 0.1) is 24.7 Å². The molecule has 170 valence electrons. The van der Waals surface area contributed by atoms with E-state index in [0.29, 0.717) is 29.2 Å². The zero-order chi connectivity index (χ0) is 22.8. The number of rotatable bonds is 2. The largest absolute Gasteiger partial charge is 0.496 e. The Morgan fingerprint density at radius 1 is 1.06 bits per heavy atom. The minimum atomic E-state index is -0.685. The van der Waals surface area contributed by atoms with Gasteiger partial charge in [0.2, 0.25) is 0 Å². The van der Waals surface area contributed by atoms with Crippen molar-refractivity contribution in [3.8, 4) is 23.0 Å². The number of methoxy groups -OCH3 is 1. The average molecular weight is 439 g/mol. The number of ketones is 1. The molecule has 0 saturated heterocycles. The molecule has 0 radical (unpaired) electrons. The molecule has 0 aliphatic carbocycles. The molecule has 0 unspecified atom stereocenters. The van der Waals surface area contributed by atoms with Gasteiger partial charge in [0, 0.05) is 23.6 Å². The summed E-state index contributed by atoms with van der Waals surface area (Å²) in [5.41, 5.74) is 2.26. The molecule has 5 rings (SSSR count). The van der Waals surface area contributed by atoms with Crippen molar-refractivity contribution in [3.63, 3.8) is 0 Å². The molecule has 2 aromatic rings. The summed E-state index contributed by atoms with van der Waals surface area (Å²) in [5.74, 6) is 2.23. The first-order valence-electron chi connectivity index (χ1n) is 11.2. The molecule has 2 aromatic carbocycles. The summed E-state index contributed by atoms with van der Waals surface area (Å²) in [5, 5.41) is 10.4. The summed E-state index contributed by atoms with van der Waals surface area (Å²) in [6.07, 6.45) is 1.50. The Kier molecular flexibility index (Phi) is 4.71. The van der Waals surface area contributed by atoms with E-state index in [9.17, 15) is 9.90 Å². The molecule has 32 heavy (non-hydrogen) atoms. The van der Waals surface area contributed by atoms with E-state index in [-0.39, 0.29) is 18.0 Å². The van der Waals surface area contributed by atoms with Crippen LogP contribution in [-0.4, -0.2) is 41.9 Å². The number of Topliss-reactive ketones (excluding diaryl/α,β-unsaturated/α-hetero) is 1. The summed E-state index contributed by atoms with van der Waals surface area (Å²) in [4.78, 5) is 13.6. The van der Waals surface area contributed by atoms with Crippen molar-refractivity contribution < 1.29 is 28.8 Å². The summed E-state index contributed by atoms with van der Waals surface area (Å²) in [7, 11) is 1.64. The Balaban J connectivity index is 1.51. The van der Waals surface area contributed by atoms with Gasteiger partial charge < -0.3 is 24.1 Å². The van der Waals surface area contributed by atoms with Gasteiger partial charge in [-0.2, -0.15) is 0 Å². The number of aliphatic hydroxyl groups is 1. The number of aliphatic hydroxyl groups excluding tert-OH is 1. The lowest BCUT2D eigenvalue weighted by Crippen LogP contribution is -2.46. The summed E-state index contributed by atoms with van der Waals surface area (Å²) >= 11 is 0. The predicted octanol–water partition coefficient (Wildman–Crippen LogP) is 4.23. The Labute approximate surface area is 188 Å². The summed E-state index contributed by atoms with van der Waals surface area (Å²) in [6, 6.07) is 7.46. The van der Waals surface area contributed by atoms with E-state index in [0.717, 1.165) is 35.3 Å². The van der Waals surface area contributed by atoms with Crippen LogP contribution in [0.4, 0.5) is 0 Å². The third-order valence-corrected chi connectivity index (χ3v) is 6.93. The number of ether oxygens (including phenoxy) is 4. The zero-order valence-corrected chi connectivity index (χ0v) is 19.3. The fourth-order valence-electron chi connectivity index (χ4n) is 4.90. The number of carbonyl (C=O) groups excluding carboxylic acids is 1. The minimum absolute atomic E-state index is 0.0105. The van der Waals surface area contributed by atoms with Crippen LogP contribution in [0.2, 0.25) is 0 Å². The van der Waals surface area contributed by atoms with Crippen molar-refractivity contribution in [2.45, 2.75) is 70.2 Å². The third-order valence-electron chi connectivity index (χ3n) is 6.93. The number of fused-ring (bicyclic) bond motifs is 3. The lowest BCUT2D eigenvalue weighted by Gasteiger charge is -2.38. The second-order valence-corrected chi connectivity index (χ2v) is 10.1. The summed E-state index contributed by atoms with van der Waals surface area (Å²) < 4.78 is 24.0. The normalized spacial score (nSPS) is 24.8. The fraction of sp³-hybridized carbons (Fsp3) is 0.500. The van der Waals surface area contributed by atoms with Crippen LogP contribution in [0, 0.1) is 0 Å². The van der Waals surface area contributed by atoms with Gasteiger partial charge in [0.1, 0.15) is 40.8 Å². The van der Waals surface area contributed by atoms with E-state index in [1.165, 1.54) is 0 Å². The maximum absolute atomic E-state index is 13.6. The number of benzene rings is 2. The Morgan fingerprint density at radius 2 is 1.84 bits per heavy atom. The van der Waals surface area contributed by atoms with E-state index in [2.05, 4.69) is 13.8 Å². The maximum atomic E-state index is 13.6. The molecule has 3 heterocycles. The molecule has 0 fully saturated rings. The van der Waals surface area contributed by atoms with Crippen LogP contribution in [0.5, 0.6) is 23.0 Å². The molecule has 0 spiro atoms. The lowest BCUT2D eigenvalue weighted by atomic mass is 9.83. The molecule has 2 atom stereocenters. The average Bonchev–Trinajstić information content (AvgIpc) is 2.72. The van der Waals surface area contributed by atoms with E-state index < -0.39 is 17.6 Å². The molecule has 0 saturated carbocycles. The minimum Gasteiger partial charge on any atom is -0.496 e. The lowest BCUT2D eigenvalue weighted by molar-refractivity contribution is -0.0413. The smallest absolute Gasteiger partial charge is 0.177 e. The number of hydrogen-bond donors (Lipinski definition) is 1. The van der Waals surface area contributed by atoms with E-state index in [4.69, 9.17) is 18.9 Å². The van der Waals surface area contributed by atoms with Crippen LogP contribution < -0.4 is 18.9 Å². The molecule has 3 aliphatic rings. The van der Waals surface area contributed by atoms with Gasteiger partial charge in [0.15, 0.2) is 5.78 Å². The Hall–Kier alpha value is -2.73. The van der Waals surface area contributed by atoms with Crippen LogP contribution in [0.25, 0.3) is 0 Å². The second-order valence-electron chi connectivity index (χ2n) is 10.1. The van der Waals surface area contributed by atoms with Crippen molar-refractivity contribution in [2.75, 3.05) is 13.7 Å². The summed E-state index contributed by atoms with van der Waals surface area (Å²) in [6.45, 7) is 8.10. The second kappa shape index (κ2) is 7.14. The van der Waals surface area contributed by atoms with Gasteiger partial charge in [-0.05, 0) is 58.2 Å². The van der Waals surface area contributed by atoms with Crippen molar-refractivity contribution in [1.29, 1.82) is 0 Å². The highest BCUT2D eigenvalue weighted by Crippen LogP contribution is 2.46. The molecular weight excluding hydrogens is 408 g/mol. The van der Waals surface area contributed by atoms with Crippen LogP contribution in [-0.2, 0) is 12.8 Å². The third kappa shape index (κ3) is 3.32. The fourth-order valence-corrected chi connectivity index (χ4v) is 4.90. The van der Waals surface area contributed by atoms with Crippen molar-refractivity contribution in [2.24, 2.45) is 0 Å². The highest BCUT2D eigenvalue weighted by molar-refractivity contribution is 6.05. The van der Waals surface area contributed by atoms with Gasteiger partial charge in [-0.15, -0.1) is 0 Å². The van der Waals surface area contributed by atoms with Crippen molar-refractivity contribution >= 4 is 5.78 Å². The molecule has 3 aliphatic heterocycles. The highest BCUT2D eigenvalue weighted by atomic mass is 16.5. The Bertz CT molecular complexity index is 1100. The van der Waals surface area contributed by atoms with Gasteiger partial charge in [-0.25, -0.2) is 0 Å².